The number of nitrogens with two attached hydrogens (primary N) is 3. The van der Waals surface area contributed by atoms with Crippen LogP contribution in [-0.2, 0) is 10.0 Å². The van der Waals surface area contributed by atoms with Crippen LogP contribution in [0, 0.1) is 13.8 Å². The van der Waals surface area contributed by atoms with Gasteiger partial charge in [-0.15, -0.1) is 0 Å². The molecule has 0 aromatic heterocycles. The van der Waals surface area contributed by atoms with Crippen molar-refractivity contribution in [1.82, 2.24) is 0 Å². The highest BCUT2D eigenvalue weighted by Crippen LogP contribution is 2.21. The predicted octanol–water partition coefficient (Wildman–Crippen LogP) is 1.32. The second-order valence-corrected chi connectivity index (χ2v) is 7.09. The van der Waals surface area contributed by atoms with Gasteiger partial charge in [-0.05, 0) is 61.4 Å². The maximum atomic E-state index is 12.5. The van der Waals surface area contributed by atoms with Crippen LogP contribution in [0.1, 0.15) is 11.1 Å². The van der Waals surface area contributed by atoms with E-state index in [2.05, 4.69) is 14.7 Å². The van der Waals surface area contributed by atoms with E-state index in [1.807, 2.05) is 19.9 Å². The molecule has 0 amide bonds. The van der Waals surface area contributed by atoms with E-state index in [4.69, 9.17) is 17.2 Å². The van der Waals surface area contributed by atoms with Gasteiger partial charge in [-0.3, -0.25) is 4.72 Å². The van der Waals surface area contributed by atoms with Crippen molar-refractivity contribution in [2.45, 2.75) is 18.7 Å². The fraction of sp³-hybridized carbons (Fsp3) is 0.125. The number of hydrogen-bond acceptors (Lipinski definition) is 3. The van der Waals surface area contributed by atoms with Crippen molar-refractivity contribution in [3.05, 3.63) is 53.6 Å². The number of anilines is 1. The van der Waals surface area contributed by atoms with Crippen LogP contribution in [0.2, 0.25) is 0 Å². The zero-order valence-corrected chi connectivity index (χ0v) is 14.7. The summed E-state index contributed by atoms with van der Waals surface area (Å²) < 4.78 is 27.4. The van der Waals surface area contributed by atoms with Crippen LogP contribution in [0.25, 0.3) is 0 Å². The first kappa shape index (κ1) is 18.3. The molecule has 8 nitrogen and oxygen atoms in total. The van der Waals surface area contributed by atoms with Gasteiger partial charge in [0.1, 0.15) is 0 Å². The molecule has 132 valence electrons. The van der Waals surface area contributed by atoms with E-state index in [-0.39, 0.29) is 16.8 Å². The highest BCUT2D eigenvalue weighted by Gasteiger charge is 2.14. The van der Waals surface area contributed by atoms with Crippen molar-refractivity contribution in [3.63, 3.8) is 0 Å². The summed E-state index contributed by atoms with van der Waals surface area (Å²) in [4.78, 5) is 7.65. The van der Waals surface area contributed by atoms with Gasteiger partial charge < -0.3 is 17.2 Å². The van der Waals surface area contributed by atoms with Crippen LogP contribution in [0.4, 0.5) is 11.4 Å². The molecule has 0 unspecified atom stereocenters. The summed E-state index contributed by atoms with van der Waals surface area (Å²) in [6.45, 7) is 3.88. The average molecular weight is 360 g/mol. The van der Waals surface area contributed by atoms with Crippen molar-refractivity contribution >= 4 is 33.3 Å². The lowest BCUT2D eigenvalue weighted by Crippen LogP contribution is -2.26. The van der Waals surface area contributed by atoms with Crippen molar-refractivity contribution in [3.8, 4) is 0 Å². The number of guanidine groups is 2. The van der Waals surface area contributed by atoms with Gasteiger partial charge in [0.15, 0.2) is 5.96 Å². The van der Waals surface area contributed by atoms with E-state index < -0.39 is 10.0 Å². The minimum atomic E-state index is -3.70. The summed E-state index contributed by atoms with van der Waals surface area (Å²) in [5, 5.41) is 0. The third-order valence-corrected chi connectivity index (χ3v) is 4.79. The SMILES string of the molecule is Cc1ccc(NS(=O)(=O)c2ccc(N=C(N)N=C(N)N)cc2)cc1C. The number of hydrogen-bond donors (Lipinski definition) is 4. The summed E-state index contributed by atoms with van der Waals surface area (Å²) in [6.07, 6.45) is 0. The quantitative estimate of drug-likeness (QED) is 0.479. The molecule has 2 aromatic carbocycles. The number of sulfonamides is 1. The molecule has 0 aliphatic heterocycles. The summed E-state index contributed by atoms with van der Waals surface area (Å²) in [5.41, 5.74) is 18.9. The molecular formula is C16H20N6O2S. The molecule has 0 heterocycles. The van der Waals surface area contributed by atoms with Crippen LogP contribution >= 0.6 is 0 Å². The number of aryl methyl sites for hydroxylation is 2. The normalized spacial score (nSPS) is 11.8. The number of rotatable bonds is 4. The largest absolute Gasteiger partial charge is 0.370 e. The topological polar surface area (TPSA) is 149 Å². The molecule has 2 aromatic rings. The number of nitrogens with zero attached hydrogens (tertiary/aromatic N) is 2. The lowest BCUT2D eigenvalue weighted by atomic mass is 10.1. The van der Waals surface area contributed by atoms with Crippen molar-refractivity contribution in [2.75, 3.05) is 4.72 Å². The molecule has 9 heteroatoms. The van der Waals surface area contributed by atoms with Gasteiger partial charge in [-0.2, -0.15) is 4.99 Å². The van der Waals surface area contributed by atoms with E-state index in [0.29, 0.717) is 11.4 Å². The Kier molecular flexibility index (Phi) is 5.28. The van der Waals surface area contributed by atoms with E-state index >= 15 is 0 Å². The van der Waals surface area contributed by atoms with Crippen molar-refractivity contribution < 1.29 is 8.42 Å². The highest BCUT2D eigenvalue weighted by molar-refractivity contribution is 7.92. The maximum Gasteiger partial charge on any atom is 0.261 e. The second kappa shape index (κ2) is 7.22. The van der Waals surface area contributed by atoms with Crippen LogP contribution in [-0.4, -0.2) is 20.3 Å². The van der Waals surface area contributed by atoms with Crippen LogP contribution in [0.5, 0.6) is 0 Å². The Bertz CT molecular complexity index is 930. The van der Waals surface area contributed by atoms with Gasteiger partial charge in [0.2, 0.25) is 5.96 Å². The Hall–Kier alpha value is -3.07. The van der Waals surface area contributed by atoms with Crippen LogP contribution in [0.15, 0.2) is 57.3 Å². The maximum absolute atomic E-state index is 12.5. The van der Waals surface area contributed by atoms with Crippen LogP contribution < -0.4 is 21.9 Å². The standard InChI is InChI=1S/C16H20N6O2S/c1-10-3-4-13(9-11(10)2)22-25(23,24)14-7-5-12(6-8-14)20-16(19)21-15(17)18/h3-9,22H,1-2H3,(H6,17,18,19,20,21). The van der Waals surface area contributed by atoms with E-state index in [1.54, 1.807) is 12.1 Å². The third kappa shape index (κ3) is 4.95. The predicted molar refractivity (Wildman–Crippen MR) is 100 cm³/mol. The fourth-order valence-corrected chi connectivity index (χ4v) is 3.06. The lowest BCUT2D eigenvalue weighted by Gasteiger charge is -2.10. The first-order valence-electron chi connectivity index (χ1n) is 7.31. The molecular weight excluding hydrogens is 340 g/mol. The van der Waals surface area contributed by atoms with E-state index in [0.717, 1.165) is 11.1 Å². The zero-order chi connectivity index (χ0) is 18.6. The molecule has 0 spiro atoms. The van der Waals surface area contributed by atoms with Gasteiger partial charge in [-0.25, -0.2) is 13.4 Å². The molecule has 0 radical (unpaired) electrons. The molecule has 0 aliphatic carbocycles. The lowest BCUT2D eigenvalue weighted by molar-refractivity contribution is 0.601. The number of benzene rings is 2. The second-order valence-electron chi connectivity index (χ2n) is 5.41. The average Bonchev–Trinajstić information content (AvgIpc) is 2.50. The van der Waals surface area contributed by atoms with Gasteiger partial charge >= 0.3 is 0 Å². The first-order chi connectivity index (χ1) is 11.7. The van der Waals surface area contributed by atoms with E-state index in [1.165, 1.54) is 24.3 Å². The third-order valence-electron chi connectivity index (χ3n) is 3.39. The van der Waals surface area contributed by atoms with Gasteiger partial charge in [0.25, 0.3) is 10.0 Å². The Morgan fingerprint density at radius 2 is 1.60 bits per heavy atom. The molecule has 0 fully saturated rings. The molecule has 0 bridgehead atoms. The number of nitrogens with one attached hydrogen (secondary N) is 1. The van der Waals surface area contributed by atoms with Crippen molar-refractivity contribution in [2.24, 2.45) is 27.2 Å². The first-order valence-corrected chi connectivity index (χ1v) is 8.79. The van der Waals surface area contributed by atoms with Gasteiger partial charge in [0.05, 0.1) is 10.6 Å². The zero-order valence-electron chi connectivity index (χ0n) is 13.9. The molecule has 0 atom stereocenters. The smallest absolute Gasteiger partial charge is 0.261 e. The summed E-state index contributed by atoms with van der Waals surface area (Å²) in [5.74, 6) is -0.332. The Balaban J connectivity index is 2.22. The highest BCUT2D eigenvalue weighted by atomic mass is 32.2. The Morgan fingerprint density at radius 1 is 0.960 bits per heavy atom. The molecule has 0 saturated carbocycles. The molecule has 7 N–H and O–H groups in total. The van der Waals surface area contributed by atoms with E-state index in [9.17, 15) is 8.42 Å². The van der Waals surface area contributed by atoms with Crippen LogP contribution in [0.3, 0.4) is 0 Å². The van der Waals surface area contributed by atoms with Gasteiger partial charge in [-0.1, -0.05) is 6.07 Å². The molecule has 0 aliphatic rings. The number of aliphatic imine (C=N–C) groups is 2. The molecule has 0 saturated heterocycles. The molecule has 2 rings (SSSR count). The minimum Gasteiger partial charge on any atom is -0.370 e. The summed E-state index contributed by atoms with van der Waals surface area (Å²) in [6, 6.07) is 11.2. The Morgan fingerprint density at radius 3 is 2.16 bits per heavy atom. The Labute approximate surface area is 146 Å². The summed E-state index contributed by atoms with van der Waals surface area (Å²) >= 11 is 0. The van der Waals surface area contributed by atoms with Crippen molar-refractivity contribution in [1.29, 1.82) is 0 Å². The summed E-state index contributed by atoms with van der Waals surface area (Å²) in [7, 11) is -3.70. The molecule has 25 heavy (non-hydrogen) atoms. The fourth-order valence-electron chi connectivity index (χ4n) is 2.01. The minimum absolute atomic E-state index is 0.102. The monoisotopic (exact) mass is 360 g/mol. The van der Waals surface area contributed by atoms with Gasteiger partial charge in [0, 0.05) is 5.69 Å².